The lowest BCUT2D eigenvalue weighted by atomic mass is 10.0. The van der Waals surface area contributed by atoms with Crippen LogP contribution in [-0.2, 0) is 9.53 Å². The van der Waals surface area contributed by atoms with Gasteiger partial charge in [0.2, 0.25) is 0 Å². The molecular weight excluding hydrogens is 360 g/mol. The van der Waals surface area contributed by atoms with Gasteiger partial charge in [-0.05, 0) is 32.1 Å². The molecule has 0 amide bonds. The molecule has 0 radical (unpaired) electrons. The molecule has 0 unspecified atom stereocenters. The Kier molecular flexibility index (Phi) is 12.4. The fraction of sp³-hybridized carbons (Fsp3) is 0.591. The van der Waals surface area contributed by atoms with Gasteiger partial charge < -0.3 is 25.2 Å². The van der Waals surface area contributed by atoms with Crippen LogP contribution >= 0.6 is 0 Å². The fourth-order valence-electron chi connectivity index (χ4n) is 2.87. The molecule has 6 heteroatoms. The Labute approximate surface area is 167 Å². The second-order valence-electron chi connectivity index (χ2n) is 6.92. The third kappa shape index (κ3) is 10.6. The Hall–Kier alpha value is -1.73. The third-order valence-electron chi connectivity index (χ3n) is 4.44. The molecule has 0 aliphatic carbocycles. The summed E-state index contributed by atoms with van der Waals surface area (Å²) in [6, 6.07) is 0. The molecule has 0 aromatic carbocycles. The Morgan fingerprint density at radius 2 is 1.86 bits per heavy atom. The van der Waals surface area contributed by atoms with Gasteiger partial charge in [0.25, 0.3) is 0 Å². The van der Waals surface area contributed by atoms with Crippen LogP contribution in [-0.4, -0.2) is 56.9 Å². The van der Waals surface area contributed by atoms with E-state index in [1.807, 2.05) is 12.2 Å². The molecule has 6 nitrogen and oxygen atoms in total. The van der Waals surface area contributed by atoms with E-state index < -0.39 is 30.4 Å². The average molecular weight is 395 g/mol. The minimum atomic E-state index is -0.901. The molecule has 1 fully saturated rings. The molecule has 0 aromatic rings. The van der Waals surface area contributed by atoms with Gasteiger partial charge in [-0.15, -0.1) is 0 Å². The number of hydrogen-bond donors (Lipinski definition) is 4. The summed E-state index contributed by atoms with van der Waals surface area (Å²) in [4.78, 5) is 10.4. The van der Waals surface area contributed by atoms with E-state index >= 15 is 0 Å². The van der Waals surface area contributed by atoms with E-state index in [1.54, 1.807) is 12.2 Å². The van der Waals surface area contributed by atoms with E-state index in [4.69, 9.17) is 9.84 Å². The summed E-state index contributed by atoms with van der Waals surface area (Å²) >= 11 is 0. The number of carboxylic acid groups (broad SMARTS) is 1. The summed E-state index contributed by atoms with van der Waals surface area (Å²) in [7, 11) is 0. The zero-order valence-corrected chi connectivity index (χ0v) is 16.6. The number of carboxylic acids is 1. The number of hydrogen-bond acceptors (Lipinski definition) is 5. The number of aliphatic hydroxyl groups excluding tert-OH is 3. The summed E-state index contributed by atoms with van der Waals surface area (Å²) in [6.45, 7) is 2.08. The summed E-state index contributed by atoms with van der Waals surface area (Å²) in [5.41, 5.74) is 0. The highest BCUT2D eigenvalue weighted by Crippen LogP contribution is 2.26. The number of carbonyl (C=O) groups is 1. The van der Waals surface area contributed by atoms with Crippen LogP contribution in [0.4, 0.5) is 0 Å². The summed E-state index contributed by atoms with van der Waals surface area (Å²) in [6.07, 6.45) is 15.2. The summed E-state index contributed by atoms with van der Waals surface area (Å²) < 4.78 is 5.76. The van der Waals surface area contributed by atoms with Crippen molar-refractivity contribution in [2.45, 2.75) is 82.4 Å². The lowest BCUT2D eigenvalue weighted by Gasteiger charge is -2.16. The number of aliphatic carboxylic acids is 1. The van der Waals surface area contributed by atoms with E-state index in [0.29, 0.717) is 25.7 Å². The zero-order valence-electron chi connectivity index (χ0n) is 16.6. The molecule has 28 heavy (non-hydrogen) atoms. The van der Waals surface area contributed by atoms with Crippen LogP contribution in [0.3, 0.4) is 0 Å². The molecule has 5 atom stereocenters. The van der Waals surface area contributed by atoms with Gasteiger partial charge in [-0.1, -0.05) is 55.5 Å². The molecule has 1 rings (SSSR count). The zero-order chi connectivity index (χ0) is 20.8. The van der Waals surface area contributed by atoms with Gasteiger partial charge in [-0.3, -0.25) is 4.79 Å². The van der Waals surface area contributed by atoms with Crippen molar-refractivity contribution in [2.24, 2.45) is 0 Å². The van der Waals surface area contributed by atoms with Crippen LogP contribution < -0.4 is 0 Å². The first-order valence-corrected chi connectivity index (χ1v) is 9.98. The highest BCUT2D eigenvalue weighted by atomic mass is 16.5. The van der Waals surface area contributed by atoms with Crippen molar-refractivity contribution in [1.82, 2.24) is 0 Å². The molecular formula is C22H34O6. The molecule has 0 bridgehead atoms. The monoisotopic (exact) mass is 394 g/mol. The lowest BCUT2D eigenvalue weighted by molar-refractivity contribution is -0.136. The van der Waals surface area contributed by atoms with E-state index in [-0.39, 0.29) is 12.5 Å². The Morgan fingerprint density at radius 3 is 2.57 bits per heavy atom. The predicted octanol–water partition coefficient (Wildman–Crippen LogP) is 2.90. The minimum Gasteiger partial charge on any atom is -0.481 e. The van der Waals surface area contributed by atoms with Crippen molar-refractivity contribution < 1.29 is 30.0 Å². The van der Waals surface area contributed by atoms with Crippen LogP contribution in [0.5, 0.6) is 0 Å². The van der Waals surface area contributed by atoms with Gasteiger partial charge in [-0.25, -0.2) is 0 Å². The Morgan fingerprint density at radius 1 is 1.11 bits per heavy atom. The van der Waals surface area contributed by atoms with Crippen molar-refractivity contribution in [3.63, 3.8) is 0 Å². The quantitative estimate of drug-likeness (QED) is 0.358. The van der Waals surface area contributed by atoms with Gasteiger partial charge in [-0.2, -0.15) is 0 Å². The molecule has 158 valence electrons. The normalized spacial score (nSPS) is 25.5. The van der Waals surface area contributed by atoms with Crippen LogP contribution in [0.25, 0.3) is 0 Å². The molecule has 1 heterocycles. The molecule has 0 aromatic heterocycles. The molecule has 1 aliphatic rings. The van der Waals surface area contributed by atoms with Crippen molar-refractivity contribution >= 4 is 5.97 Å². The average Bonchev–Trinajstić information content (AvgIpc) is 3.03. The summed E-state index contributed by atoms with van der Waals surface area (Å²) in [5.74, 6) is -0.853. The Bertz CT molecular complexity index is 551. The van der Waals surface area contributed by atoms with Gasteiger partial charge in [0.1, 0.15) is 0 Å². The smallest absolute Gasteiger partial charge is 0.303 e. The molecule has 0 spiro atoms. The maximum atomic E-state index is 10.4. The third-order valence-corrected chi connectivity index (χ3v) is 4.44. The number of ether oxygens (including phenoxy) is 1. The van der Waals surface area contributed by atoms with Crippen molar-refractivity contribution in [1.29, 1.82) is 0 Å². The van der Waals surface area contributed by atoms with E-state index in [0.717, 1.165) is 12.8 Å². The standard InChI is InChI=1S/C22H34O6/c1-2-3-4-5-6-9-12-20-19(25)16-21(28-20)18(24)15-14-17(23)11-8-7-10-13-22(26)27/h3-4,6-9,14-15,17-21,23-25H,2,5,10-13,16H2,1H3,(H,26,27)/b4-3-,8-7-,9-6-,15-14+/t17-,18-,19+,20+,21-/m0/s1. The largest absolute Gasteiger partial charge is 0.481 e. The lowest BCUT2D eigenvalue weighted by Crippen LogP contribution is -2.24. The molecule has 1 saturated heterocycles. The first kappa shape index (κ1) is 24.3. The van der Waals surface area contributed by atoms with Gasteiger partial charge in [0, 0.05) is 12.8 Å². The maximum absolute atomic E-state index is 10.4. The van der Waals surface area contributed by atoms with Gasteiger partial charge in [0.15, 0.2) is 0 Å². The van der Waals surface area contributed by atoms with Crippen molar-refractivity contribution in [2.75, 3.05) is 0 Å². The van der Waals surface area contributed by atoms with Crippen LogP contribution in [0.1, 0.15) is 51.9 Å². The molecule has 0 saturated carbocycles. The molecule has 4 N–H and O–H groups in total. The first-order chi connectivity index (χ1) is 13.4. The highest BCUT2D eigenvalue weighted by Gasteiger charge is 2.36. The minimum absolute atomic E-state index is 0.0638. The Balaban J connectivity index is 2.33. The second kappa shape index (κ2) is 14.3. The second-order valence-corrected chi connectivity index (χ2v) is 6.92. The number of aliphatic hydroxyl groups is 3. The summed E-state index contributed by atoms with van der Waals surface area (Å²) in [5, 5.41) is 38.8. The van der Waals surface area contributed by atoms with Crippen molar-refractivity contribution in [3.8, 4) is 0 Å². The van der Waals surface area contributed by atoms with Crippen LogP contribution in [0, 0.1) is 0 Å². The van der Waals surface area contributed by atoms with E-state index in [1.165, 1.54) is 12.2 Å². The van der Waals surface area contributed by atoms with Crippen molar-refractivity contribution in [3.05, 3.63) is 48.6 Å². The SMILES string of the molecule is CC/C=C\C/C=C\C[C@H]1O[C@H]([C@@H](O)/C=C/[C@@H](O)C/C=C\CCC(=O)O)C[C@H]1O. The van der Waals surface area contributed by atoms with E-state index in [9.17, 15) is 20.1 Å². The number of allylic oxidation sites excluding steroid dienone is 4. The van der Waals surface area contributed by atoms with E-state index in [2.05, 4.69) is 19.1 Å². The first-order valence-electron chi connectivity index (χ1n) is 9.98. The fourth-order valence-corrected chi connectivity index (χ4v) is 2.87. The number of rotatable bonds is 13. The van der Waals surface area contributed by atoms with Crippen LogP contribution in [0.2, 0.25) is 0 Å². The maximum Gasteiger partial charge on any atom is 0.303 e. The predicted molar refractivity (Wildman–Crippen MR) is 109 cm³/mol. The van der Waals surface area contributed by atoms with Gasteiger partial charge >= 0.3 is 5.97 Å². The topological polar surface area (TPSA) is 107 Å². The van der Waals surface area contributed by atoms with Gasteiger partial charge in [0.05, 0.1) is 30.5 Å². The van der Waals surface area contributed by atoms with Crippen LogP contribution in [0.15, 0.2) is 48.6 Å². The highest BCUT2D eigenvalue weighted by molar-refractivity contribution is 5.66. The molecule has 1 aliphatic heterocycles.